The lowest BCUT2D eigenvalue weighted by Gasteiger charge is -2.27. The molecule has 7 heteroatoms. The molecule has 2 amide bonds. The molecule has 0 bridgehead atoms. The number of carboxylic acid groups (broad SMARTS) is 1. The van der Waals surface area contributed by atoms with Gasteiger partial charge in [0.05, 0.1) is 5.37 Å². The molecule has 2 aliphatic rings. The van der Waals surface area contributed by atoms with Crippen molar-refractivity contribution < 1.29 is 14.7 Å². The smallest absolute Gasteiger partial charge is 0.327 e. The van der Waals surface area contributed by atoms with Crippen LogP contribution >= 0.6 is 23.1 Å². The predicted molar refractivity (Wildman–Crippen MR) is 83.5 cm³/mol. The number of carbonyl (C=O) groups excluding carboxylic acids is 1. The normalized spacial score (nSPS) is 25.1. The van der Waals surface area contributed by atoms with Gasteiger partial charge < -0.3 is 10.4 Å². The lowest BCUT2D eigenvalue weighted by Crippen LogP contribution is -2.50. The second kappa shape index (κ2) is 5.88. The standard InChI is InChI=1S/C14H18N2O3S2/c1-8-5-20-6-10(8)4-15-14(19)16-11(13(17)18)7-21-12(16)9-2-3-9/h5-6,9,11-12H,2-4,7H2,1H3,(H,15,19)(H,17,18). The first-order valence-electron chi connectivity index (χ1n) is 7.00. The molecule has 2 atom stereocenters. The summed E-state index contributed by atoms with van der Waals surface area (Å²) < 4.78 is 0. The van der Waals surface area contributed by atoms with Gasteiger partial charge >= 0.3 is 12.0 Å². The van der Waals surface area contributed by atoms with E-state index in [0.717, 1.165) is 24.0 Å². The van der Waals surface area contributed by atoms with Crippen LogP contribution in [0, 0.1) is 12.8 Å². The zero-order valence-corrected chi connectivity index (χ0v) is 13.4. The fourth-order valence-electron chi connectivity index (χ4n) is 2.55. The molecule has 1 aliphatic heterocycles. The molecule has 0 spiro atoms. The third-order valence-corrected chi connectivity index (χ3v) is 6.34. The van der Waals surface area contributed by atoms with Crippen LogP contribution in [-0.4, -0.2) is 39.2 Å². The highest BCUT2D eigenvalue weighted by molar-refractivity contribution is 8.00. The van der Waals surface area contributed by atoms with Crippen LogP contribution in [0.25, 0.3) is 0 Å². The van der Waals surface area contributed by atoms with Crippen molar-refractivity contribution in [3.8, 4) is 0 Å². The third-order valence-electron chi connectivity index (χ3n) is 3.97. The van der Waals surface area contributed by atoms with Crippen LogP contribution in [-0.2, 0) is 11.3 Å². The second-order valence-corrected chi connectivity index (χ2v) is 7.45. The van der Waals surface area contributed by atoms with Gasteiger partial charge in [-0.3, -0.25) is 4.90 Å². The van der Waals surface area contributed by atoms with Crippen molar-refractivity contribution in [3.05, 3.63) is 21.9 Å². The van der Waals surface area contributed by atoms with E-state index in [1.807, 2.05) is 17.7 Å². The molecule has 5 nitrogen and oxygen atoms in total. The number of hydrogen-bond donors (Lipinski definition) is 2. The average molecular weight is 326 g/mol. The van der Waals surface area contributed by atoms with Gasteiger partial charge in [-0.2, -0.15) is 11.3 Å². The summed E-state index contributed by atoms with van der Waals surface area (Å²) >= 11 is 3.21. The van der Waals surface area contributed by atoms with Gasteiger partial charge in [0.1, 0.15) is 6.04 Å². The van der Waals surface area contributed by atoms with Gasteiger partial charge in [0.25, 0.3) is 0 Å². The molecule has 1 saturated heterocycles. The van der Waals surface area contributed by atoms with E-state index in [0.29, 0.717) is 18.2 Å². The van der Waals surface area contributed by atoms with Crippen molar-refractivity contribution >= 4 is 35.1 Å². The molecule has 0 aromatic carbocycles. The summed E-state index contributed by atoms with van der Waals surface area (Å²) in [5, 5.41) is 16.3. The topological polar surface area (TPSA) is 69.6 Å². The fraction of sp³-hybridized carbons (Fsp3) is 0.571. The highest BCUT2D eigenvalue weighted by Gasteiger charge is 2.48. The monoisotopic (exact) mass is 326 g/mol. The largest absolute Gasteiger partial charge is 0.480 e. The minimum Gasteiger partial charge on any atom is -0.480 e. The quantitative estimate of drug-likeness (QED) is 0.892. The molecule has 1 aliphatic carbocycles. The first kappa shape index (κ1) is 14.7. The van der Waals surface area contributed by atoms with E-state index in [1.165, 1.54) is 0 Å². The molecule has 1 aromatic rings. The highest BCUT2D eigenvalue weighted by atomic mass is 32.2. The van der Waals surface area contributed by atoms with Crippen LogP contribution < -0.4 is 5.32 Å². The maximum Gasteiger partial charge on any atom is 0.327 e. The molecule has 1 aromatic heterocycles. The molecule has 21 heavy (non-hydrogen) atoms. The number of rotatable bonds is 4. The fourth-order valence-corrected chi connectivity index (χ4v) is 5.04. The number of carboxylic acids is 1. The Balaban J connectivity index is 1.67. The van der Waals surface area contributed by atoms with Crippen LogP contribution in [0.3, 0.4) is 0 Å². The van der Waals surface area contributed by atoms with Crippen molar-refractivity contribution in [3.63, 3.8) is 0 Å². The van der Waals surface area contributed by atoms with Gasteiger partial charge in [-0.15, -0.1) is 11.8 Å². The zero-order valence-electron chi connectivity index (χ0n) is 11.7. The summed E-state index contributed by atoms with van der Waals surface area (Å²) in [6.45, 7) is 2.47. The number of thiophene rings is 1. The maximum atomic E-state index is 12.5. The summed E-state index contributed by atoms with van der Waals surface area (Å²) in [7, 11) is 0. The Hall–Kier alpha value is -1.21. The molecule has 0 radical (unpaired) electrons. The molecule has 2 heterocycles. The number of aliphatic carboxylic acids is 1. The van der Waals surface area contributed by atoms with Crippen molar-refractivity contribution in [2.24, 2.45) is 5.92 Å². The van der Waals surface area contributed by atoms with Crippen LogP contribution in [0.2, 0.25) is 0 Å². The van der Waals surface area contributed by atoms with Crippen LogP contribution in [0.1, 0.15) is 24.0 Å². The molecule has 2 N–H and O–H groups in total. The van der Waals surface area contributed by atoms with Crippen molar-refractivity contribution in [2.45, 2.75) is 37.7 Å². The van der Waals surface area contributed by atoms with Gasteiger partial charge in [-0.05, 0) is 47.6 Å². The Morgan fingerprint density at radius 1 is 1.43 bits per heavy atom. The van der Waals surface area contributed by atoms with Gasteiger partial charge in [0.15, 0.2) is 0 Å². The van der Waals surface area contributed by atoms with Gasteiger partial charge in [0, 0.05) is 12.3 Å². The molecular formula is C14H18N2O3S2. The zero-order chi connectivity index (χ0) is 15.0. The Kier molecular flexibility index (Phi) is 4.12. The molecule has 3 rings (SSSR count). The van der Waals surface area contributed by atoms with Gasteiger partial charge in [-0.1, -0.05) is 0 Å². The van der Waals surface area contributed by atoms with E-state index in [4.69, 9.17) is 0 Å². The van der Waals surface area contributed by atoms with E-state index in [-0.39, 0.29) is 11.4 Å². The predicted octanol–water partition coefficient (Wildman–Crippen LogP) is 2.50. The Morgan fingerprint density at radius 2 is 2.19 bits per heavy atom. The number of thioether (sulfide) groups is 1. The Labute approximate surface area is 131 Å². The van der Waals surface area contributed by atoms with Gasteiger partial charge in [-0.25, -0.2) is 9.59 Å². The first-order valence-corrected chi connectivity index (χ1v) is 8.99. The van der Waals surface area contributed by atoms with E-state index in [9.17, 15) is 14.7 Å². The van der Waals surface area contributed by atoms with E-state index >= 15 is 0 Å². The number of hydrogen-bond acceptors (Lipinski definition) is 4. The van der Waals surface area contributed by atoms with Gasteiger partial charge in [0.2, 0.25) is 0 Å². The average Bonchev–Trinajstić information content (AvgIpc) is 3.06. The minimum atomic E-state index is -0.910. The maximum absolute atomic E-state index is 12.5. The SMILES string of the molecule is Cc1cscc1CNC(=O)N1C(C(=O)O)CSC1C1CC1. The molecular weight excluding hydrogens is 308 g/mol. The lowest BCUT2D eigenvalue weighted by molar-refractivity contribution is -0.141. The summed E-state index contributed by atoms with van der Waals surface area (Å²) in [5.74, 6) is 0.0435. The number of nitrogens with one attached hydrogen (secondary N) is 1. The van der Waals surface area contributed by atoms with Crippen LogP contribution in [0.4, 0.5) is 4.79 Å². The molecule has 2 unspecified atom stereocenters. The van der Waals surface area contributed by atoms with E-state index in [2.05, 4.69) is 5.32 Å². The number of urea groups is 1. The molecule has 1 saturated carbocycles. The van der Waals surface area contributed by atoms with E-state index in [1.54, 1.807) is 28.0 Å². The highest BCUT2D eigenvalue weighted by Crippen LogP contribution is 2.45. The summed E-state index contributed by atoms with van der Waals surface area (Å²) in [6, 6.07) is -0.959. The number of aryl methyl sites for hydroxylation is 1. The van der Waals surface area contributed by atoms with E-state index < -0.39 is 12.0 Å². The summed E-state index contributed by atoms with van der Waals surface area (Å²) in [4.78, 5) is 25.4. The molecule has 2 fully saturated rings. The Morgan fingerprint density at radius 3 is 2.76 bits per heavy atom. The summed E-state index contributed by atoms with van der Waals surface area (Å²) in [5.41, 5.74) is 2.25. The van der Waals surface area contributed by atoms with Crippen molar-refractivity contribution in [2.75, 3.05) is 5.75 Å². The van der Waals surface area contributed by atoms with Crippen molar-refractivity contribution in [1.29, 1.82) is 0 Å². The van der Waals surface area contributed by atoms with Crippen LogP contribution in [0.15, 0.2) is 10.8 Å². The minimum absolute atomic E-state index is 0.0228. The number of amides is 2. The summed E-state index contributed by atoms with van der Waals surface area (Å²) in [6.07, 6.45) is 2.19. The molecule has 114 valence electrons. The third kappa shape index (κ3) is 3.03. The first-order chi connectivity index (χ1) is 10.1. The second-order valence-electron chi connectivity index (χ2n) is 5.56. The lowest BCUT2D eigenvalue weighted by atomic mass is 10.2. The number of carbonyl (C=O) groups is 2. The van der Waals surface area contributed by atoms with Crippen molar-refractivity contribution in [1.82, 2.24) is 10.2 Å². The van der Waals surface area contributed by atoms with Crippen LogP contribution in [0.5, 0.6) is 0 Å². The Bertz CT molecular complexity index is 556. The number of nitrogens with zero attached hydrogens (tertiary/aromatic N) is 1.